The van der Waals surface area contributed by atoms with Crippen LogP contribution in [0.15, 0.2) is 18.2 Å². The molecule has 3 saturated heterocycles. The minimum atomic E-state index is -0.945. The molecule has 1 atom stereocenters. The van der Waals surface area contributed by atoms with E-state index in [1.165, 1.54) is 21.9 Å². The molecule has 3 heterocycles. The summed E-state index contributed by atoms with van der Waals surface area (Å²) in [4.78, 5) is 41.0. The van der Waals surface area contributed by atoms with E-state index in [1.807, 2.05) is 0 Å². The molecule has 10 heteroatoms. The van der Waals surface area contributed by atoms with Crippen LogP contribution in [0.4, 0.5) is 13.6 Å². The molecule has 2 spiro atoms. The lowest BCUT2D eigenvalue weighted by atomic mass is 9.78. The molecule has 1 N–H and O–H groups in total. The minimum absolute atomic E-state index is 0.0795. The van der Waals surface area contributed by atoms with Crippen molar-refractivity contribution in [1.29, 1.82) is 0 Å². The summed E-state index contributed by atoms with van der Waals surface area (Å²) in [5.41, 5.74) is -0.586. The van der Waals surface area contributed by atoms with Crippen molar-refractivity contribution >= 4 is 17.8 Å². The molecule has 4 amide bonds. The average molecular weight is 449 g/mol. The molecule has 1 aliphatic carbocycles. The highest BCUT2D eigenvalue weighted by Gasteiger charge is 2.56. The van der Waals surface area contributed by atoms with Gasteiger partial charge in [-0.15, -0.1) is 0 Å². The smallest absolute Gasteiger partial charge is 0.325 e. The van der Waals surface area contributed by atoms with Crippen molar-refractivity contribution < 1.29 is 32.6 Å². The summed E-state index contributed by atoms with van der Waals surface area (Å²) in [5.74, 6) is -2.71. The molecule has 5 rings (SSSR count). The largest absolute Gasteiger partial charge is 0.348 e. The second-order valence-electron chi connectivity index (χ2n) is 9.16. The summed E-state index contributed by atoms with van der Waals surface area (Å²) in [7, 11) is 0. The molecule has 3 aliphatic heterocycles. The zero-order valence-electron chi connectivity index (χ0n) is 17.6. The lowest BCUT2D eigenvalue weighted by molar-refractivity contribution is -0.186. The van der Waals surface area contributed by atoms with E-state index in [4.69, 9.17) is 9.47 Å². The fourth-order valence-corrected chi connectivity index (χ4v) is 5.33. The summed E-state index contributed by atoms with van der Waals surface area (Å²) in [5, 5.41) is 2.87. The molecule has 172 valence electrons. The zero-order chi connectivity index (χ0) is 22.5. The van der Waals surface area contributed by atoms with E-state index >= 15 is 0 Å². The predicted octanol–water partition coefficient (Wildman–Crippen LogP) is 1.92. The van der Waals surface area contributed by atoms with Crippen LogP contribution in [-0.4, -0.2) is 65.3 Å². The van der Waals surface area contributed by atoms with Crippen molar-refractivity contribution in [3.63, 3.8) is 0 Å². The maximum Gasteiger partial charge on any atom is 0.325 e. The Morgan fingerprint density at radius 2 is 1.66 bits per heavy atom. The van der Waals surface area contributed by atoms with Gasteiger partial charge in [0.05, 0.1) is 13.2 Å². The number of halogens is 2. The first-order chi connectivity index (χ1) is 15.3. The topological polar surface area (TPSA) is 88.2 Å². The van der Waals surface area contributed by atoms with Gasteiger partial charge in [0.25, 0.3) is 5.91 Å². The summed E-state index contributed by atoms with van der Waals surface area (Å²) in [6.45, 7) is 1.59. The Morgan fingerprint density at radius 1 is 1.00 bits per heavy atom. The fraction of sp³-hybridized carbons (Fsp3) is 0.591. The van der Waals surface area contributed by atoms with Gasteiger partial charge in [0.1, 0.15) is 17.2 Å². The van der Waals surface area contributed by atoms with Crippen LogP contribution >= 0.6 is 0 Å². The first-order valence-corrected chi connectivity index (χ1v) is 10.9. The quantitative estimate of drug-likeness (QED) is 0.710. The maximum absolute atomic E-state index is 13.5. The van der Waals surface area contributed by atoms with E-state index in [0.717, 1.165) is 6.07 Å². The van der Waals surface area contributed by atoms with Crippen LogP contribution in [0.25, 0.3) is 0 Å². The molecular formula is C22H25F2N3O5. The van der Waals surface area contributed by atoms with Gasteiger partial charge in [0.2, 0.25) is 5.91 Å². The highest BCUT2D eigenvalue weighted by Crippen LogP contribution is 2.43. The number of urea groups is 1. The molecular weight excluding hydrogens is 424 g/mol. The second-order valence-corrected chi connectivity index (χ2v) is 9.16. The van der Waals surface area contributed by atoms with Crippen LogP contribution in [0.5, 0.6) is 0 Å². The Labute approximate surface area is 183 Å². The number of hydrogen-bond donors (Lipinski definition) is 1. The molecule has 0 radical (unpaired) electrons. The van der Waals surface area contributed by atoms with Crippen LogP contribution in [-0.2, 0) is 25.6 Å². The van der Waals surface area contributed by atoms with Gasteiger partial charge in [0.15, 0.2) is 5.79 Å². The Morgan fingerprint density at radius 3 is 2.31 bits per heavy atom. The van der Waals surface area contributed by atoms with Crippen molar-refractivity contribution in [1.82, 2.24) is 15.1 Å². The van der Waals surface area contributed by atoms with Crippen LogP contribution in [0.1, 0.15) is 37.7 Å². The molecule has 32 heavy (non-hydrogen) atoms. The van der Waals surface area contributed by atoms with Crippen molar-refractivity contribution in [2.24, 2.45) is 5.92 Å². The van der Waals surface area contributed by atoms with E-state index < -0.39 is 29.0 Å². The number of nitrogens with one attached hydrogen (secondary N) is 1. The number of hydrogen-bond acceptors (Lipinski definition) is 5. The van der Waals surface area contributed by atoms with E-state index in [9.17, 15) is 23.2 Å². The Hall–Kier alpha value is -2.59. The SMILES string of the molecule is O=C1CC(CN2C(=O)NC3(CCC4(CC3)OCCO4)C2=O)CN1Cc1cc(F)cc(F)c1. The van der Waals surface area contributed by atoms with Crippen LogP contribution in [0, 0.1) is 17.6 Å². The van der Waals surface area contributed by atoms with Gasteiger partial charge in [-0.25, -0.2) is 13.6 Å². The van der Waals surface area contributed by atoms with Gasteiger partial charge in [-0.1, -0.05) is 0 Å². The Balaban J connectivity index is 1.21. The first kappa shape index (κ1) is 21.3. The third-order valence-electron chi connectivity index (χ3n) is 6.96. The highest BCUT2D eigenvalue weighted by molar-refractivity contribution is 6.07. The van der Waals surface area contributed by atoms with Crippen molar-refractivity contribution in [2.45, 2.75) is 50.0 Å². The lowest BCUT2D eigenvalue weighted by Gasteiger charge is -2.39. The standard InChI is InChI=1S/C22H25F2N3O5/c23-16-7-14(8-17(24)10-16)11-26-12-15(9-18(26)28)13-27-19(29)21(25-20(27)30)1-3-22(4-2-21)31-5-6-32-22/h7-8,10,15H,1-6,9,11-13H2,(H,25,30). The number of imide groups is 1. The Bertz CT molecular complexity index is 935. The monoisotopic (exact) mass is 449 g/mol. The third-order valence-corrected chi connectivity index (χ3v) is 6.96. The number of likely N-dealkylation sites (tertiary alicyclic amines) is 1. The van der Waals surface area contributed by atoms with Gasteiger partial charge in [0, 0.05) is 50.9 Å². The molecule has 1 aromatic rings. The van der Waals surface area contributed by atoms with Gasteiger partial charge >= 0.3 is 6.03 Å². The highest BCUT2D eigenvalue weighted by atomic mass is 19.1. The van der Waals surface area contributed by atoms with Gasteiger partial charge in [-0.05, 0) is 30.5 Å². The fourth-order valence-electron chi connectivity index (χ4n) is 5.33. The average Bonchev–Trinajstić information content (AvgIpc) is 3.39. The number of carbonyl (C=O) groups is 3. The van der Waals surface area contributed by atoms with Crippen LogP contribution in [0.2, 0.25) is 0 Å². The van der Waals surface area contributed by atoms with Crippen molar-refractivity contribution in [2.75, 3.05) is 26.3 Å². The molecule has 1 unspecified atom stereocenters. The Kier molecular flexibility index (Phi) is 5.16. The summed E-state index contributed by atoms with van der Waals surface area (Å²) in [6.07, 6.45) is 2.12. The summed E-state index contributed by atoms with van der Waals surface area (Å²) < 4.78 is 38.3. The maximum atomic E-state index is 13.5. The molecule has 1 aromatic carbocycles. The van der Waals surface area contributed by atoms with Gasteiger partial charge < -0.3 is 19.7 Å². The molecule has 0 aromatic heterocycles. The zero-order valence-corrected chi connectivity index (χ0v) is 17.6. The first-order valence-electron chi connectivity index (χ1n) is 10.9. The molecule has 8 nitrogen and oxygen atoms in total. The second kappa shape index (κ2) is 7.77. The molecule has 4 aliphatic rings. The van der Waals surface area contributed by atoms with Gasteiger partial charge in [-0.3, -0.25) is 14.5 Å². The van der Waals surface area contributed by atoms with Gasteiger partial charge in [-0.2, -0.15) is 0 Å². The lowest BCUT2D eigenvalue weighted by Crippen LogP contribution is -2.53. The van der Waals surface area contributed by atoms with Crippen molar-refractivity contribution in [3.8, 4) is 0 Å². The number of nitrogens with zero attached hydrogens (tertiary/aromatic N) is 2. The number of rotatable bonds is 4. The molecule has 1 saturated carbocycles. The minimum Gasteiger partial charge on any atom is -0.348 e. The number of carbonyl (C=O) groups excluding carboxylic acids is 3. The van der Waals surface area contributed by atoms with Crippen molar-refractivity contribution in [3.05, 3.63) is 35.4 Å². The predicted molar refractivity (Wildman–Crippen MR) is 106 cm³/mol. The summed E-state index contributed by atoms with van der Waals surface area (Å²) >= 11 is 0. The van der Waals surface area contributed by atoms with E-state index in [0.29, 0.717) is 51.0 Å². The third kappa shape index (κ3) is 3.75. The summed E-state index contributed by atoms with van der Waals surface area (Å²) in [6, 6.07) is 2.72. The molecule has 0 bridgehead atoms. The van der Waals surface area contributed by atoms with E-state index in [1.54, 1.807) is 0 Å². The van der Waals surface area contributed by atoms with Crippen LogP contribution < -0.4 is 5.32 Å². The van der Waals surface area contributed by atoms with E-state index in [-0.39, 0.29) is 37.2 Å². The van der Waals surface area contributed by atoms with Crippen LogP contribution in [0.3, 0.4) is 0 Å². The number of ether oxygens (including phenoxy) is 2. The normalized spacial score (nSPS) is 26.6. The number of benzene rings is 1. The number of amides is 4. The van der Waals surface area contributed by atoms with E-state index in [2.05, 4.69) is 5.32 Å². The molecule has 4 fully saturated rings.